The van der Waals surface area contributed by atoms with E-state index in [2.05, 4.69) is 15.6 Å². The molecule has 2 saturated heterocycles. The zero-order valence-electron chi connectivity index (χ0n) is 29.8. The van der Waals surface area contributed by atoms with Crippen molar-refractivity contribution in [3.8, 4) is 5.75 Å². The summed E-state index contributed by atoms with van der Waals surface area (Å²) in [6.45, 7) is 15.0. The molecule has 2 aliphatic rings. The molecule has 2 N–H and O–H groups in total. The zero-order valence-corrected chi connectivity index (χ0v) is 29.8. The zero-order chi connectivity index (χ0) is 35.5. The number of likely N-dealkylation sites (tertiary alicyclic amines) is 2. The van der Waals surface area contributed by atoms with E-state index in [0.29, 0.717) is 69.2 Å². The average molecular weight is 674 g/mol. The highest BCUT2D eigenvalue weighted by molar-refractivity contribution is 5.82. The van der Waals surface area contributed by atoms with Gasteiger partial charge in [0.2, 0.25) is 17.7 Å². The van der Waals surface area contributed by atoms with Gasteiger partial charge < -0.3 is 34.6 Å². The molecule has 0 spiro atoms. The van der Waals surface area contributed by atoms with E-state index in [4.69, 9.17) is 14.2 Å². The van der Waals surface area contributed by atoms with Crippen molar-refractivity contribution in [2.24, 2.45) is 11.8 Å². The molecule has 1 aromatic rings. The number of ether oxygens (including phenoxy) is 3. The summed E-state index contributed by atoms with van der Waals surface area (Å²) in [5, 5.41) is 5.69. The summed E-state index contributed by atoms with van der Waals surface area (Å²) in [5.41, 5.74) is -0.652. The van der Waals surface area contributed by atoms with Gasteiger partial charge in [-0.05, 0) is 91.2 Å². The largest absolute Gasteiger partial charge is 0.490 e. The predicted octanol–water partition coefficient (Wildman–Crippen LogP) is 4.15. The number of pyridine rings is 1. The van der Waals surface area contributed by atoms with E-state index >= 15 is 0 Å². The van der Waals surface area contributed by atoms with Crippen LogP contribution in [0.2, 0.25) is 0 Å². The van der Waals surface area contributed by atoms with Crippen molar-refractivity contribution >= 4 is 29.8 Å². The molecule has 4 amide bonds. The summed E-state index contributed by atoms with van der Waals surface area (Å²) in [7, 11) is 0. The standard InChI is InChI=1S/C35H55N5O8/c1-24(41)37-14-18-46-28-19-27(21-36-22-28)29(20-31(43)47-34(2,3)4)38-32(44)26-9-8-15-40(23-26)30(42)11-10-25-12-16-39(17-13-25)33(45)48-35(5,6)7/h19,21-22,25-26,29H,8-18,20,23H2,1-7H3,(H,37,41)(H,38,44)/t26-,29+/m1/s1. The highest BCUT2D eigenvalue weighted by atomic mass is 16.6. The van der Waals surface area contributed by atoms with Crippen LogP contribution in [0.15, 0.2) is 18.5 Å². The summed E-state index contributed by atoms with van der Waals surface area (Å²) < 4.78 is 16.8. The van der Waals surface area contributed by atoms with Crippen LogP contribution in [0, 0.1) is 11.8 Å². The Balaban J connectivity index is 1.57. The Morgan fingerprint density at radius 3 is 2.27 bits per heavy atom. The number of rotatable bonds is 12. The second-order valence-corrected chi connectivity index (χ2v) is 14.8. The van der Waals surface area contributed by atoms with Crippen molar-refractivity contribution in [3.63, 3.8) is 0 Å². The Morgan fingerprint density at radius 1 is 0.938 bits per heavy atom. The molecule has 3 heterocycles. The van der Waals surface area contributed by atoms with Gasteiger partial charge in [-0.25, -0.2) is 4.79 Å². The molecule has 0 radical (unpaired) electrons. The number of hydrogen-bond donors (Lipinski definition) is 2. The van der Waals surface area contributed by atoms with Crippen molar-refractivity contribution < 1.29 is 38.2 Å². The summed E-state index contributed by atoms with van der Waals surface area (Å²) in [6.07, 6.45) is 6.82. The lowest BCUT2D eigenvalue weighted by molar-refractivity contribution is -0.155. The molecule has 1 aromatic heterocycles. The van der Waals surface area contributed by atoms with Crippen LogP contribution in [0.3, 0.4) is 0 Å². The molecule has 0 aromatic carbocycles. The minimum atomic E-state index is -0.726. The second kappa shape index (κ2) is 17.5. The number of aromatic nitrogens is 1. The fraction of sp³-hybridized carbons (Fsp3) is 0.714. The molecule has 13 nitrogen and oxygen atoms in total. The van der Waals surface area contributed by atoms with Gasteiger partial charge in [0, 0.05) is 45.7 Å². The first kappa shape index (κ1) is 38.5. The molecular formula is C35H55N5O8. The van der Waals surface area contributed by atoms with Crippen LogP contribution < -0.4 is 15.4 Å². The number of nitrogens with one attached hydrogen (secondary N) is 2. The van der Waals surface area contributed by atoms with Crippen molar-refractivity contribution in [1.82, 2.24) is 25.4 Å². The molecule has 13 heteroatoms. The summed E-state index contributed by atoms with van der Waals surface area (Å²) >= 11 is 0. The molecule has 3 rings (SSSR count). The highest BCUT2D eigenvalue weighted by Crippen LogP contribution is 2.27. The third kappa shape index (κ3) is 13.7. The number of esters is 1. The lowest BCUT2D eigenvalue weighted by Gasteiger charge is -2.35. The average Bonchev–Trinajstić information content (AvgIpc) is 3.00. The Morgan fingerprint density at radius 2 is 1.62 bits per heavy atom. The molecule has 0 bridgehead atoms. The van der Waals surface area contributed by atoms with Gasteiger partial charge in [-0.15, -0.1) is 0 Å². The highest BCUT2D eigenvalue weighted by Gasteiger charge is 2.32. The smallest absolute Gasteiger partial charge is 0.410 e. The van der Waals surface area contributed by atoms with Gasteiger partial charge in [-0.2, -0.15) is 0 Å². The molecule has 0 saturated carbocycles. The topological polar surface area (TPSA) is 156 Å². The summed E-state index contributed by atoms with van der Waals surface area (Å²) in [4.78, 5) is 71.0. The molecule has 268 valence electrons. The minimum Gasteiger partial charge on any atom is -0.490 e. The normalized spacial score (nSPS) is 18.0. The van der Waals surface area contributed by atoms with Crippen LogP contribution in [0.25, 0.3) is 0 Å². The maximum Gasteiger partial charge on any atom is 0.410 e. The first-order valence-corrected chi connectivity index (χ1v) is 17.1. The third-order valence-electron chi connectivity index (χ3n) is 8.17. The minimum absolute atomic E-state index is 0.0284. The van der Waals surface area contributed by atoms with E-state index in [9.17, 15) is 24.0 Å². The maximum atomic E-state index is 13.6. The van der Waals surface area contributed by atoms with Crippen LogP contribution >= 0.6 is 0 Å². The fourth-order valence-electron chi connectivity index (χ4n) is 5.83. The van der Waals surface area contributed by atoms with Crippen molar-refractivity contribution in [3.05, 3.63) is 24.0 Å². The quantitative estimate of drug-likeness (QED) is 0.246. The number of amides is 4. The molecule has 2 fully saturated rings. The number of piperidine rings is 2. The third-order valence-corrected chi connectivity index (χ3v) is 8.17. The molecule has 0 aliphatic carbocycles. The van der Waals surface area contributed by atoms with Crippen molar-refractivity contribution in [1.29, 1.82) is 0 Å². The first-order valence-electron chi connectivity index (χ1n) is 17.1. The van der Waals surface area contributed by atoms with Crippen molar-refractivity contribution in [2.75, 3.05) is 39.3 Å². The molecule has 2 aliphatic heterocycles. The SMILES string of the molecule is CC(=O)NCCOc1cncc([C@H](CC(=O)OC(C)(C)C)NC(=O)[C@@H]2CCCN(C(=O)CCC3CCN(C(=O)OC(C)(C)C)CC3)C2)c1. The molecule has 2 atom stereocenters. The Labute approximate surface area is 284 Å². The predicted molar refractivity (Wildman–Crippen MR) is 179 cm³/mol. The molecule has 0 unspecified atom stereocenters. The number of carbonyl (C=O) groups is 5. The Kier molecular flexibility index (Phi) is 14.0. The molecular weight excluding hydrogens is 618 g/mol. The van der Waals surface area contributed by atoms with Gasteiger partial charge in [0.1, 0.15) is 23.6 Å². The summed E-state index contributed by atoms with van der Waals surface area (Å²) in [5.74, 6) is -0.484. The van der Waals surface area contributed by atoms with E-state index in [0.717, 1.165) is 19.3 Å². The fourth-order valence-corrected chi connectivity index (χ4v) is 5.83. The van der Waals surface area contributed by atoms with Gasteiger partial charge >= 0.3 is 12.1 Å². The van der Waals surface area contributed by atoms with Gasteiger partial charge in [-0.1, -0.05) is 0 Å². The van der Waals surface area contributed by atoms with Crippen LogP contribution in [0.1, 0.15) is 105 Å². The van der Waals surface area contributed by atoms with E-state index in [1.165, 1.54) is 13.1 Å². The van der Waals surface area contributed by atoms with Gasteiger partial charge in [0.15, 0.2) is 0 Å². The first-order chi connectivity index (χ1) is 22.5. The van der Waals surface area contributed by atoms with E-state index < -0.39 is 29.1 Å². The number of nitrogens with zero attached hydrogens (tertiary/aromatic N) is 3. The maximum absolute atomic E-state index is 13.6. The monoisotopic (exact) mass is 673 g/mol. The van der Waals surface area contributed by atoms with Gasteiger partial charge in [-0.3, -0.25) is 24.2 Å². The van der Waals surface area contributed by atoms with Crippen LogP contribution in [0.4, 0.5) is 4.79 Å². The summed E-state index contributed by atoms with van der Waals surface area (Å²) in [6, 6.07) is 0.987. The Bertz CT molecular complexity index is 1270. The van der Waals surface area contributed by atoms with Crippen LogP contribution in [-0.2, 0) is 28.7 Å². The van der Waals surface area contributed by atoms with Gasteiger partial charge in [0.25, 0.3) is 0 Å². The lowest BCUT2D eigenvalue weighted by atomic mass is 9.91. The molecule has 48 heavy (non-hydrogen) atoms. The van der Waals surface area contributed by atoms with Crippen LogP contribution in [0.5, 0.6) is 5.75 Å². The van der Waals surface area contributed by atoms with Crippen LogP contribution in [-0.4, -0.2) is 95.1 Å². The Hall–Kier alpha value is -3.90. The van der Waals surface area contributed by atoms with E-state index in [1.54, 1.807) is 42.8 Å². The van der Waals surface area contributed by atoms with E-state index in [-0.39, 0.29) is 36.8 Å². The second-order valence-electron chi connectivity index (χ2n) is 14.8. The number of carbonyl (C=O) groups excluding carboxylic acids is 5. The van der Waals surface area contributed by atoms with Crippen molar-refractivity contribution in [2.45, 2.75) is 111 Å². The number of hydrogen-bond acceptors (Lipinski definition) is 9. The van der Waals surface area contributed by atoms with Gasteiger partial charge in [0.05, 0.1) is 31.1 Å². The van der Waals surface area contributed by atoms with E-state index in [1.807, 2.05) is 20.8 Å². The lowest BCUT2D eigenvalue weighted by Crippen LogP contribution is -2.46.